The van der Waals surface area contributed by atoms with E-state index < -0.39 is 0 Å². The van der Waals surface area contributed by atoms with Crippen LogP contribution >= 0.6 is 0 Å². The van der Waals surface area contributed by atoms with Crippen molar-refractivity contribution in [1.82, 2.24) is 0 Å². The summed E-state index contributed by atoms with van der Waals surface area (Å²) in [5, 5.41) is 13.8. The van der Waals surface area contributed by atoms with Crippen molar-refractivity contribution in [2.45, 2.75) is 27.7 Å². The Labute approximate surface area is 68.3 Å². The van der Waals surface area contributed by atoms with E-state index in [4.69, 9.17) is 16.6 Å². The summed E-state index contributed by atoms with van der Waals surface area (Å²) in [6, 6.07) is 0. The van der Waals surface area contributed by atoms with Crippen molar-refractivity contribution >= 4 is 12.1 Å². The highest BCUT2D eigenvalue weighted by Crippen LogP contribution is 1.97. The maximum atomic E-state index is 6.95. The zero-order chi connectivity index (χ0) is 9.44. The Balaban J connectivity index is 0. The Morgan fingerprint density at radius 2 is 1.64 bits per heavy atom. The van der Waals surface area contributed by atoms with Gasteiger partial charge in [-0.15, -0.1) is 0 Å². The summed E-state index contributed by atoms with van der Waals surface area (Å²) in [7, 11) is 0. The molecule has 0 amide bonds. The van der Waals surface area contributed by atoms with Crippen molar-refractivity contribution in [2.24, 2.45) is 5.73 Å². The van der Waals surface area contributed by atoms with Crippen LogP contribution in [0.1, 0.15) is 27.7 Å². The van der Waals surface area contributed by atoms with Crippen molar-refractivity contribution in [2.75, 3.05) is 0 Å². The van der Waals surface area contributed by atoms with Gasteiger partial charge in [-0.05, 0) is 13.8 Å². The maximum absolute atomic E-state index is 6.95. The van der Waals surface area contributed by atoms with Gasteiger partial charge in [-0.3, -0.25) is 5.41 Å². The Kier molecular flexibility index (Phi) is 7.98. The zero-order valence-electron chi connectivity index (χ0n) is 7.65. The third-order valence-corrected chi connectivity index (χ3v) is 0.973. The molecule has 0 heterocycles. The lowest BCUT2D eigenvalue weighted by Crippen LogP contribution is -2.14. The Hall–Kier alpha value is -1.12. The Morgan fingerprint density at radius 1 is 1.27 bits per heavy atom. The van der Waals surface area contributed by atoms with E-state index in [1.807, 2.05) is 27.7 Å². The minimum atomic E-state index is -0.0370. The standard InChI is InChI=1S/C6H11N3.C2H6/c1-4(2)5(3-7)6(8)9;1-2/h3,7H,1-2H3,(H3,8,9);1-2H3. The van der Waals surface area contributed by atoms with Crippen molar-refractivity contribution in [3.8, 4) is 0 Å². The fourth-order valence-corrected chi connectivity index (χ4v) is 0.491. The van der Waals surface area contributed by atoms with Crippen LogP contribution in [-0.2, 0) is 0 Å². The molecule has 0 rings (SSSR count). The largest absolute Gasteiger partial charge is 0.384 e. The van der Waals surface area contributed by atoms with Crippen LogP contribution in [-0.4, -0.2) is 12.1 Å². The topological polar surface area (TPSA) is 73.7 Å². The quantitative estimate of drug-likeness (QED) is 0.413. The molecule has 0 aromatic heterocycles. The molecule has 0 bridgehead atoms. The number of nitrogens with one attached hydrogen (secondary N) is 2. The second-order valence-electron chi connectivity index (χ2n) is 1.97. The highest BCUT2D eigenvalue weighted by molar-refractivity contribution is 6.12. The molecule has 3 heteroatoms. The van der Waals surface area contributed by atoms with E-state index >= 15 is 0 Å². The van der Waals surface area contributed by atoms with Gasteiger partial charge in [-0.25, -0.2) is 0 Å². The van der Waals surface area contributed by atoms with Crippen molar-refractivity contribution < 1.29 is 0 Å². The van der Waals surface area contributed by atoms with Gasteiger partial charge in [0.2, 0.25) is 0 Å². The molecule has 0 aliphatic rings. The number of hydrogen-bond donors (Lipinski definition) is 3. The molecule has 0 fully saturated rings. The van der Waals surface area contributed by atoms with Crippen LogP contribution < -0.4 is 5.73 Å². The molecule has 4 N–H and O–H groups in total. The molecule has 64 valence electrons. The van der Waals surface area contributed by atoms with E-state index in [1.165, 1.54) is 0 Å². The highest BCUT2D eigenvalue weighted by atomic mass is 14.7. The van der Waals surface area contributed by atoms with Gasteiger partial charge in [0.25, 0.3) is 0 Å². The second kappa shape index (κ2) is 6.99. The summed E-state index contributed by atoms with van der Waals surface area (Å²) in [5.74, 6) is -0.0370. The molecule has 0 aliphatic heterocycles. The second-order valence-corrected chi connectivity index (χ2v) is 1.97. The first-order chi connectivity index (χ1) is 5.09. The summed E-state index contributed by atoms with van der Waals surface area (Å²) >= 11 is 0. The highest BCUT2D eigenvalue weighted by Gasteiger charge is 1.96. The lowest BCUT2D eigenvalue weighted by molar-refractivity contribution is 1.34. The monoisotopic (exact) mass is 155 g/mol. The van der Waals surface area contributed by atoms with E-state index in [-0.39, 0.29) is 5.84 Å². The molecule has 0 aromatic carbocycles. The first-order valence-corrected chi connectivity index (χ1v) is 3.62. The van der Waals surface area contributed by atoms with E-state index in [2.05, 4.69) is 0 Å². The number of amidine groups is 1. The molecular formula is C8H17N3. The fourth-order valence-electron chi connectivity index (χ4n) is 0.491. The average molecular weight is 155 g/mol. The van der Waals surface area contributed by atoms with Gasteiger partial charge in [0.15, 0.2) is 0 Å². The summed E-state index contributed by atoms with van der Waals surface area (Å²) < 4.78 is 0. The van der Waals surface area contributed by atoms with E-state index in [9.17, 15) is 0 Å². The summed E-state index contributed by atoms with van der Waals surface area (Å²) in [6.45, 7) is 7.64. The SMILES string of the molecule is CC.CC(C)=C(C=N)C(=N)N. The summed E-state index contributed by atoms with van der Waals surface area (Å²) in [6.07, 6.45) is 1.09. The molecule has 0 atom stereocenters. The van der Waals surface area contributed by atoms with Gasteiger partial charge in [0.1, 0.15) is 5.84 Å². The van der Waals surface area contributed by atoms with Crippen LogP contribution in [0, 0.1) is 10.8 Å². The van der Waals surface area contributed by atoms with Gasteiger partial charge in [0, 0.05) is 11.8 Å². The molecule has 3 nitrogen and oxygen atoms in total. The van der Waals surface area contributed by atoms with Crippen LogP contribution in [0.2, 0.25) is 0 Å². The lowest BCUT2D eigenvalue weighted by Gasteiger charge is -1.97. The fraction of sp³-hybridized carbons (Fsp3) is 0.500. The van der Waals surface area contributed by atoms with Crippen molar-refractivity contribution in [1.29, 1.82) is 10.8 Å². The van der Waals surface area contributed by atoms with Gasteiger partial charge in [-0.2, -0.15) is 0 Å². The number of nitrogens with two attached hydrogens (primary N) is 1. The minimum Gasteiger partial charge on any atom is -0.384 e. The Morgan fingerprint density at radius 3 is 1.64 bits per heavy atom. The van der Waals surface area contributed by atoms with Crippen LogP contribution in [0.5, 0.6) is 0 Å². The van der Waals surface area contributed by atoms with Crippen molar-refractivity contribution in [3.05, 3.63) is 11.1 Å². The van der Waals surface area contributed by atoms with Crippen molar-refractivity contribution in [3.63, 3.8) is 0 Å². The first-order valence-electron chi connectivity index (χ1n) is 3.62. The smallest absolute Gasteiger partial charge is 0.124 e. The maximum Gasteiger partial charge on any atom is 0.124 e. The number of allylic oxidation sites excluding steroid dienone is 1. The zero-order valence-corrected chi connectivity index (χ0v) is 7.65. The van der Waals surface area contributed by atoms with Crippen LogP contribution in [0.15, 0.2) is 11.1 Å². The third-order valence-electron chi connectivity index (χ3n) is 0.973. The minimum absolute atomic E-state index is 0.0370. The number of hydrogen-bond acceptors (Lipinski definition) is 2. The molecule has 11 heavy (non-hydrogen) atoms. The Bertz CT molecular complexity index is 164. The van der Waals surface area contributed by atoms with Gasteiger partial charge in [0.05, 0.1) is 0 Å². The van der Waals surface area contributed by atoms with E-state index in [0.29, 0.717) is 5.57 Å². The van der Waals surface area contributed by atoms with E-state index in [0.717, 1.165) is 11.8 Å². The van der Waals surface area contributed by atoms with Crippen LogP contribution in [0.3, 0.4) is 0 Å². The molecule has 0 aromatic rings. The third kappa shape index (κ3) is 5.33. The molecule has 0 unspecified atom stereocenters. The number of rotatable bonds is 2. The molecule has 0 spiro atoms. The summed E-state index contributed by atoms with van der Waals surface area (Å²) in [5.41, 5.74) is 6.53. The molecule has 0 saturated carbocycles. The van der Waals surface area contributed by atoms with Crippen LogP contribution in [0.4, 0.5) is 0 Å². The molecule has 0 aliphatic carbocycles. The predicted octanol–water partition coefficient (Wildman–Crippen LogP) is 1.93. The van der Waals surface area contributed by atoms with Gasteiger partial charge in [-0.1, -0.05) is 19.4 Å². The van der Waals surface area contributed by atoms with Crippen LogP contribution in [0.25, 0.3) is 0 Å². The lowest BCUT2D eigenvalue weighted by atomic mass is 10.1. The van der Waals surface area contributed by atoms with Gasteiger partial charge >= 0.3 is 0 Å². The molecular weight excluding hydrogens is 138 g/mol. The summed E-state index contributed by atoms with van der Waals surface area (Å²) in [4.78, 5) is 0. The normalized spacial score (nSPS) is 7.27. The molecule has 0 radical (unpaired) electrons. The first kappa shape index (κ1) is 12.5. The van der Waals surface area contributed by atoms with Gasteiger partial charge < -0.3 is 11.1 Å². The average Bonchev–Trinajstić information content (AvgIpc) is 1.91. The van der Waals surface area contributed by atoms with E-state index in [1.54, 1.807) is 0 Å². The predicted molar refractivity (Wildman–Crippen MR) is 50.4 cm³/mol. The molecule has 0 saturated heterocycles.